The molecule has 0 spiro atoms. The molecule has 4 nitrogen and oxygen atoms in total. The van der Waals surface area contributed by atoms with Crippen molar-refractivity contribution >= 4 is 17.6 Å². The molecule has 0 fully saturated rings. The molecule has 1 aromatic rings. The van der Waals surface area contributed by atoms with Crippen molar-refractivity contribution in [3.8, 4) is 0 Å². The fourth-order valence-electron chi connectivity index (χ4n) is 1.76. The van der Waals surface area contributed by atoms with Crippen LogP contribution in [0.4, 0.5) is 4.39 Å². The number of rotatable bonds is 7. The normalized spacial score (nSPS) is 13.5. The van der Waals surface area contributed by atoms with Crippen LogP contribution in [0.1, 0.15) is 18.1 Å². The zero-order valence-electron chi connectivity index (χ0n) is 11.2. The van der Waals surface area contributed by atoms with Crippen molar-refractivity contribution in [3.05, 3.63) is 35.1 Å². The monoisotopic (exact) mass is 285 g/mol. The SMILES string of the molecule is CSCC(C)CNCc1cc(F)cc(/C(N)=N/O)c1. The zero-order chi connectivity index (χ0) is 14.3. The average molecular weight is 285 g/mol. The lowest BCUT2D eigenvalue weighted by Crippen LogP contribution is -2.22. The first-order valence-corrected chi connectivity index (χ1v) is 7.43. The summed E-state index contributed by atoms with van der Waals surface area (Å²) in [5.74, 6) is 1.17. The van der Waals surface area contributed by atoms with Crippen LogP contribution in [-0.4, -0.2) is 29.6 Å². The molecule has 0 aliphatic rings. The lowest BCUT2D eigenvalue weighted by Gasteiger charge is -2.11. The number of thioether (sulfide) groups is 1. The molecule has 0 amide bonds. The van der Waals surface area contributed by atoms with Crippen LogP contribution < -0.4 is 11.1 Å². The summed E-state index contributed by atoms with van der Waals surface area (Å²) in [6.45, 7) is 3.59. The maximum absolute atomic E-state index is 13.4. The quantitative estimate of drug-likeness (QED) is 0.310. The van der Waals surface area contributed by atoms with E-state index in [1.54, 1.807) is 6.07 Å². The molecule has 0 bridgehead atoms. The van der Waals surface area contributed by atoms with Crippen LogP contribution in [0.2, 0.25) is 0 Å². The van der Waals surface area contributed by atoms with Gasteiger partial charge in [0.25, 0.3) is 0 Å². The van der Waals surface area contributed by atoms with E-state index in [9.17, 15) is 4.39 Å². The summed E-state index contributed by atoms with van der Waals surface area (Å²) < 4.78 is 13.4. The molecule has 0 saturated heterocycles. The molecule has 1 aromatic carbocycles. The van der Waals surface area contributed by atoms with E-state index in [-0.39, 0.29) is 5.84 Å². The van der Waals surface area contributed by atoms with Crippen molar-refractivity contribution in [1.29, 1.82) is 0 Å². The summed E-state index contributed by atoms with van der Waals surface area (Å²) in [4.78, 5) is 0. The Labute approximate surface area is 117 Å². The number of benzene rings is 1. The highest BCUT2D eigenvalue weighted by Gasteiger charge is 2.06. The maximum Gasteiger partial charge on any atom is 0.170 e. The molecule has 1 atom stereocenters. The molecule has 19 heavy (non-hydrogen) atoms. The van der Waals surface area contributed by atoms with E-state index < -0.39 is 5.82 Å². The van der Waals surface area contributed by atoms with Crippen molar-refractivity contribution in [2.75, 3.05) is 18.6 Å². The van der Waals surface area contributed by atoms with Gasteiger partial charge in [0.1, 0.15) is 5.82 Å². The van der Waals surface area contributed by atoms with E-state index in [0.717, 1.165) is 17.9 Å². The predicted octanol–water partition coefficient (Wildman–Crippen LogP) is 2.01. The second-order valence-corrected chi connectivity index (χ2v) is 5.44. The topological polar surface area (TPSA) is 70.6 Å². The van der Waals surface area contributed by atoms with Gasteiger partial charge in [0.05, 0.1) is 0 Å². The Kier molecular flexibility index (Phi) is 6.66. The first-order valence-electron chi connectivity index (χ1n) is 6.03. The highest BCUT2D eigenvalue weighted by Crippen LogP contribution is 2.10. The molecule has 0 radical (unpaired) electrons. The Morgan fingerprint density at radius 3 is 2.89 bits per heavy atom. The molecule has 0 heterocycles. The second kappa shape index (κ2) is 8.01. The smallest absolute Gasteiger partial charge is 0.170 e. The van der Waals surface area contributed by atoms with Gasteiger partial charge >= 0.3 is 0 Å². The third-order valence-electron chi connectivity index (χ3n) is 2.63. The molecular formula is C13H20FN3OS. The third kappa shape index (κ3) is 5.48. The molecule has 1 unspecified atom stereocenters. The van der Waals surface area contributed by atoms with Crippen molar-refractivity contribution in [2.45, 2.75) is 13.5 Å². The summed E-state index contributed by atoms with van der Waals surface area (Å²) in [5.41, 5.74) is 6.62. The summed E-state index contributed by atoms with van der Waals surface area (Å²) in [7, 11) is 0. The summed E-state index contributed by atoms with van der Waals surface area (Å²) in [5, 5.41) is 14.8. The Morgan fingerprint density at radius 2 is 2.26 bits per heavy atom. The number of amidine groups is 1. The minimum Gasteiger partial charge on any atom is -0.409 e. The predicted molar refractivity (Wildman–Crippen MR) is 78.2 cm³/mol. The van der Waals surface area contributed by atoms with Gasteiger partial charge in [0, 0.05) is 12.1 Å². The highest BCUT2D eigenvalue weighted by molar-refractivity contribution is 7.98. The molecule has 1 rings (SSSR count). The minimum atomic E-state index is -0.391. The van der Waals surface area contributed by atoms with Crippen LogP contribution in [0.5, 0.6) is 0 Å². The van der Waals surface area contributed by atoms with Crippen LogP contribution >= 0.6 is 11.8 Å². The Morgan fingerprint density at radius 1 is 1.53 bits per heavy atom. The molecule has 0 aliphatic heterocycles. The van der Waals surface area contributed by atoms with E-state index >= 15 is 0 Å². The molecule has 0 saturated carbocycles. The zero-order valence-corrected chi connectivity index (χ0v) is 12.0. The summed E-state index contributed by atoms with van der Waals surface area (Å²) in [6, 6.07) is 4.40. The van der Waals surface area contributed by atoms with E-state index in [1.807, 2.05) is 11.8 Å². The lowest BCUT2D eigenvalue weighted by atomic mass is 10.1. The number of nitrogens with zero attached hydrogens (tertiary/aromatic N) is 1. The van der Waals surface area contributed by atoms with E-state index in [1.165, 1.54) is 12.1 Å². The van der Waals surface area contributed by atoms with E-state index in [4.69, 9.17) is 10.9 Å². The first-order chi connectivity index (χ1) is 9.06. The molecule has 0 aromatic heterocycles. The summed E-state index contributed by atoms with van der Waals surface area (Å²) >= 11 is 1.81. The van der Waals surface area contributed by atoms with Gasteiger partial charge in [0.15, 0.2) is 5.84 Å². The van der Waals surface area contributed by atoms with Gasteiger partial charge in [-0.25, -0.2) is 4.39 Å². The second-order valence-electron chi connectivity index (χ2n) is 4.52. The average Bonchev–Trinajstić information content (AvgIpc) is 2.37. The van der Waals surface area contributed by atoms with Crippen molar-refractivity contribution in [2.24, 2.45) is 16.8 Å². The van der Waals surface area contributed by atoms with Crippen LogP contribution in [0, 0.1) is 11.7 Å². The van der Waals surface area contributed by atoms with Crippen LogP contribution in [0.3, 0.4) is 0 Å². The highest BCUT2D eigenvalue weighted by atomic mass is 32.2. The molecule has 4 N–H and O–H groups in total. The Hall–Kier alpha value is -1.27. The van der Waals surface area contributed by atoms with Crippen molar-refractivity contribution in [1.82, 2.24) is 5.32 Å². The van der Waals surface area contributed by atoms with Gasteiger partial charge in [-0.15, -0.1) is 0 Å². The van der Waals surface area contributed by atoms with Crippen LogP contribution in [0.15, 0.2) is 23.4 Å². The fraction of sp³-hybridized carbons (Fsp3) is 0.462. The first kappa shape index (κ1) is 15.8. The summed E-state index contributed by atoms with van der Waals surface area (Å²) in [6.07, 6.45) is 2.08. The standard InChI is InChI=1S/C13H20FN3OS/c1-9(8-19-2)6-16-7-10-3-11(13(15)17-18)5-12(14)4-10/h3-5,9,16,18H,6-8H2,1-2H3,(H2,15,17). The van der Waals surface area contributed by atoms with Gasteiger partial charge in [-0.2, -0.15) is 11.8 Å². The van der Waals surface area contributed by atoms with E-state index in [0.29, 0.717) is 18.0 Å². The minimum absolute atomic E-state index is 0.0866. The number of oxime groups is 1. The largest absolute Gasteiger partial charge is 0.409 e. The Balaban J connectivity index is 2.61. The fourth-order valence-corrected chi connectivity index (χ4v) is 2.45. The van der Waals surface area contributed by atoms with Crippen LogP contribution in [0.25, 0.3) is 0 Å². The van der Waals surface area contributed by atoms with E-state index in [2.05, 4.69) is 23.7 Å². The number of hydrogen-bond donors (Lipinski definition) is 3. The number of nitrogens with one attached hydrogen (secondary N) is 1. The molecular weight excluding hydrogens is 265 g/mol. The number of halogens is 1. The van der Waals surface area contributed by atoms with Crippen molar-refractivity contribution < 1.29 is 9.60 Å². The molecule has 6 heteroatoms. The molecule has 106 valence electrons. The van der Waals surface area contributed by atoms with Crippen molar-refractivity contribution in [3.63, 3.8) is 0 Å². The third-order valence-corrected chi connectivity index (χ3v) is 3.54. The number of nitrogens with two attached hydrogens (primary N) is 1. The van der Waals surface area contributed by atoms with Gasteiger partial charge in [-0.05, 0) is 48.2 Å². The van der Waals surface area contributed by atoms with Gasteiger partial charge in [0.2, 0.25) is 0 Å². The van der Waals surface area contributed by atoms with Gasteiger partial charge in [-0.3, -0.25) is 0 Å². The van der Waals surface area contributed by atoms with Gasteiger partial charge in [-0.1, -0.05) is 12.1 Å². The van der Waals surface area contributed by atoms with Crippen LogP contribution in [-0.2, 0) is 6.54 Å². The van der Waals surface area contributed by atoms with Gasteiger partial charge < -0.3 is 16.3 Å². The molecule has 0 aliphatic carbocycles. The lowest BCUT2D eigenvalue weighted by molar-refractivity contribution is 0.318. The maximum atomic E-state index is 13.4. The Bertz CT molecular complexity index is 440. The number of hydrogen-bond acceptors (Lipinski definition) is 4.